The van der Waals surface area contributed by atoms with Gasteiger partial charge >= 0.3 is 0 Å². The van der Waals surface area contributed by atoms with Gasteiger partial charge in [-0.25, -0.2) is 0 Å². The molecule has 0 aliphatic rings. The standard InChI is InChI=1S/C30H28N2S/c1-2-3-10-28(32)22-14-12-21(13-15-22)23-16-20(19-31)17-24(18-23)25-8-6-9-27-26-7-4-5-11-29(26)33-30(25)27/h4-18H,2-3,19,31-32H2,1H3/b28-10-. The van der Waals surface area contributed by atoms with Gasteiger partial charge in [-0.3, -0.25) is 0 Å². The van der Waals surface area contributed by atoms with Crippen molar-refractivity contribution < 1.29 is 0 Å². The maximum atomic E-state index is 6.25. The molecule has 0 aliphatic carbocycles. The molecule has 4 N–H and O–H groups in total. The third-order valence-corrected chi connectivity index (χ3v) is 7.37. The number of rotatable bonds is 6. The van der Waals surface area contributed by atoms with Gasteiger partial charge in [-0.15, -0.1) is 11.3 Å². The molecule has 5 aromatic rings. The molecule has 33 heavy (non-hydrogen) atoms. The van der Waals surface area contributed by atoms with E-state index in [0.717, 1.165) is 29.7 Å². The fourth-order valence-corrected chi connectivity index (χ4v) is 5.62. The minimum absolute atomic E-state index is 0.508. The van der Waals surface area contributed by atoms with Gasteiger partial charge in [0.1, 0.15) is 0 Å². The normalized spacial score (nSPS) is 12.0. The fourth-order valence-electron chi connectivity index (χ4n) is 4.38. The molecule has 0 bridgehead atoms. The number of unbranched alkanes of at least 4 members (excludes halogenated alkanes) is 1. The number of allylic oxidation sites excluding steroid dienone is 1. The van der Waals surface area contributed by atoms with E-state index >= 15 is 0 Å². The number of fused-ring (bicyclic) bond motifs is 3. The lowest BCUT2D eigenvalue weighted by molar-refractivity contribution is 0.958. The summed E-state index contributed by atoms with van der Waals surface area (Å²) in [5.74, 6) is 0. The summed E-state index contributed by atoms with van der Waals surface area (Å²) < 4.78 is 2.64. The predicted molar refractivity (Wildman–Crippen MR) is 145 cm³/mol. The average molecular weight is 449 g/mol. The molecule has 2 nitrogen and oxygen atoms in total. The second-order valence-electron chi connectivity index (χ2n) is 8.43. The molecule has 0 fully saturated rings. The van der Waals surface area contributed by atoms with Gasteiger partial charge in [0.2, 0.25) is 0 Å². The molecule has 3 heteroatoms. The highest BCUT2D eigenvalue weighted by atomic mass is 32.1. The third-order valence-electron chi connectivity index (χ3n) is 6.15. The Morgan fingerprint density at radius 1 is 0.818 bits per heavy atom. The first-order valence-corrected chi connectivity index (χ1v) is 12.3. The lowest BCUT2D eigenvalue weighted by Gasteiger charge is -2.11. The van der Waals surface area contributed by atoms with Crippen LogP contribution < -0.4 is 11.5 Å². The summed E-state index contributed by atoms with van der Waals surface area (Å²) in [7, 11) is 0. The second kappa shape index (κ2) is 9.22. The highest BCUT2D eigenvalue weighted by molar-refractivity contribution is 7.26. The van der Waals surface area contributed by atoms with E-state index in [0.29, 0.717) is 6.54 Å². The maximum absolute atomic E-state index is 6.25. The van der Waals surface area contributed by atoms with E-state index in [9.17, 15) is 0 Å². The van der Waals surface area contributed by atoms with Crippen molar-refractivity contribution in [1.82, 2.24) is 0 Å². The van der Waals surface area contributed by atoms with Crippen molar-refractivity contribution in [2.24, 2.45) is 11.5 Å². The van der Waals surface area contributed by atoms with E-state index in [1.807, 2.05) is 11.3 Å². The van der Waals surface area contributed by atoms with Gasteiger partial charge < -0.3 is 11.5 Å². The molecule has 0 unspecified atom stereocenters. The van der Waals surface area contributed by atoms with Crippen molar-refractivity contribution in [3.8, 4) is 22.3 Å². The Labute approximate surface area is 199 Å². The first-order valence-electron chi connectivity index (χ1n) is 11.5. The van der Waals surface area contributed by atoms with Gasteiger partial charge in [0.05, 0.1) is 0 Å². The largest absolute Gasteiger partial charge is 0.399 e. The van der Waals surface area contributed by atoms with Gasteiger partial charge in [0, 0.05) is 32.4 Å². The van der Waals surface area contributed by atoms with E-state index in [2.05, 4.69) is 97.9 Å². The van der Waals surface area contributed by atoms with Gasteiger partial charge in [0.15, 0.2) is 0 Å². The molecular weight excluding hydrogens is 420 g/mol. The van der Waals surface area contributed by atoms with Crippen LogP contribution in [0.5, 0.6) is 0 Å². The minimum atomic E-state index is 0.508. The van der Waals surface area contributed by atoms with Gasteiger partial charge in [-0.2, -0.15) is 0 Å². The summed E-state index contributed by atoms with van der Waals surface area (Å²) in [6.45, 7) is 2.67. The zero-order chi connectivity index (χ0) is 22.8. The molecule has 0 saturated heterocycles. The minimum Gasteiger partial charge on any atom is -0.399 e. The molecule has 0 saturated carbocycles. The zero-order valence-corrected chi connectivity index (χ0v) is 19.7. The number of benzene rings is 4. The van der Waals surface area contributed by atoms with Crippen LogP contribution in [0.4, 0.5) is 0 Å². The topological polar surface area (TPSA) is 52.0 Å². The van der Waals surface area contributed by atoms with E-state index in [1.165, 1.54) is 42.4 Å². The molecule has 164 valence electrons. The second-order valence-corrected chi connectivity index (χ2v) is 9.48. The van der Waals surface area contributed by atoms with Crippen LogP contribution in [0, 0.1) is 0 Å². The van der Waals surface area contributed by atoms with Crippen LogP contribution in [0.2, 0.25) is 0 Å². The number of nitrogens with two attached hydrogens (primary N) is 2. The molecular formula is C30H28N2S. The molecule has 1 aromatic heterocycles. The SMILES string of the molecule is CCC/C=C(\N)c1ccc(-c2cc(CN)cc(-c3cccc4c3sc3ccccc34)c2)cc1. The monoisotopic (exact) mass is 448 g/mol. The van der Waals surface area contributed by atoms with E-state index in [1.54, 1.807) is 0 Å². The van der Waals surface area contributed by atoms with Crippen LogP contribution in [-0.2, 0) is 6.54 Å². The molecule has 0 radical (unpaired) electrons. The smallest absolute Gasteiger partial charge is 0.0433 e. The predicted octanol–water partition coefficient (Wildman–Crippen LogP) is 7.95. The Bertz CT molecular complexity index is 1460. The van der Waals surface area contributed by atoms with Crippen LogP contribution in [0.3, 0.4) is 0 Å². The van der Waals surface area contributed by atoms with Crippen molar-refractivity contribution >= 4 is 37.2 Å². The van der Waals surface area contributed by atoms with Crippen molar-refractivity contribution in [3.05, 3.63) is 102 Å². The summed E-state index contributed by atoms with van der Waals surface area (Å²) in [5.41, 5.74) is 20.2. The summed E-state index contributed by atoms with van der Waals surface area (Å²) in [6.07, 6.45) is 4.20. The molecule has 4 aromatic carbocycles. The van der Waals surface area contributed by atoms with E-state index in [4.69, 9.17) is 11.5 Å². The molecule has 0 spiro atoms. The number of thiophene rings is 1. The van der Waals surface area contributed by atoms with Crippen molar-refractivity contribution in [2.45, 2.75) is 26.3 Å². The zero-order valence-electron chi connectivity index (χ0n) is 18.8. The Morgan fingerprint density at radius 2 is 1.58 bits per heavy atom. The Kier molecular flexibility index (Phi) is 5.99. The van der Waals surface area contributed by atoms with E-state index in [-0.39, 0.29) is 0 Å². The quantitative estimate of drug-likeness (QED) is 0.277. The summed E-state index contributed by atoms with van der Waals surface area (Å²) in [4.78, 5) is 0. The van der Waals surface area contributed by atoms with Crippen LogP contribution in [0.1, 0.15) is 30.9 Å². The fraction of sp³-hybridized carbons (Fsp3) is 0.133. The average Bonchev–Trinajstić information content (AvgIpc) is 3.26. The summed E-state index contributed by atoms with van der Waals surface area (Å²) >= 11 is 1.86. The van der Waals surface area contributed by atoms with Gasteiger partial charge in [0.25, 0.3) is 0 Å². The Balaban J connectivity index is 1.60. The van der Waals surface area contributed by atoms with E-state index < -0.39 is 0 Å². The highest BCUT2D eigenvalue weighted by Gasteiger charge is 2.12. The van der Waals surface area contributed by atoms with Crippen molar-refractivity contribution in [3.63, 3.8) is 0 Å². The summed E-state index contributed by atoms with van der Waals surface area (Å²) in [6, 6.07) is 30.5. The lowest BCUT2D eigenvalue weighted by atomic mass is 9.94. The van der Waals surface area contributed by atoms with Gasteiger partial charge in [-0.1, -0.05) is 80.1 Å². The Morgan fingerprint density at radius 3 is 2.36 bits per heavy atom. The lowest BCUT2D eigenvalue weighted by Crippen LogP contribution is -1.98. The van der Waals surface area contributed by atoms with Crippen molar-refractivity contribution in [1.29, 1.82) is 0 Å². The molecule has 1 heterocycles. The molecule has 0 amide bonds. The molecule has 0 aliphatic heterocycles. The first kappa shape index (κ1) is 21.4. The first-order chi connectivity index (χ1) is 16.2. The number of hydrogen-bond donors (Lipinski definition) is 2. The summed E-state index contributed by atoms with van der Waals surface area (Å²) in [5, 5.41) is 2.63. The molecule has 5 rings (SSSR count). The van der Waals surface area contributed by atoms with Crippen molar-refractivity contribution in [2.75, 3.05) is 0 Å². The van der Waals surface area contributed by atoms with Crippen LogP contribution in [-0.4, -0.2) is 0 Å². The third kappa shape index (κ3) is 4.18. The van der Waals surface area contributed by atoms with Gasteiger partial charge in [-0.05, 0) is 64.1 Å². The van der Waals surface area contributed by atoms with Crippen LogP contribution in [0.15, 0.2) is 91.0 Å². The van der Waals surface area contributed by atoms with Crippen LogP contribution in [0.25, 0.3) is 48.1 Å². The Hall–Kier alpha value is -3.40. The highest BCUT2D eigenvalue weighted by Crippen LogP contribution is 2.40. The molecule has 0 atom stereocenters. The van der Waals surface area contributed by atoms with Crippen LogP contribution >= 0.6 is 11.3 Å². The maximum Gasteiger partial charge on any atom is 0.0433 e. The number of hydrogen-bond acceptors (Lipinski definition) is 3.